The summed E-state index contributed by atoms with van der Waals surface area (Å²) in [6, 6.07) is 8.43. The lowest BCUT2D eigenvalue weighted by molar-refractivity contribution is 0.817. The van der Waals surface area contributed by atoms with Gasteiger partial charge < -0.3 is 5.73 Å². The Hall–Kier alpha value is -0.820. The van der Waals surface area contributed by atoms with Crippen molar-refractivity contribution in [1.82, 2.24) is 0 Å². The zero-order valence-electron chi connectivity index (χ0n) is 6.46. The van der Waals surface area contributed by atoms with Gasteiger partial charge in [-0.3, -0.25) is 0 Å². The summed E-state index contributed by atoms with van der Waals surface area (Å²) in [7, 11) is 0. The van der Waals surface area contributed by atoms with Gasteiger partial charge in [0.05, 0.1) is 0 Å². The molecule has 0 fully saturated rings. The van der Waals surface area contributed by atoms with Gasteiger partial charge in [-0.15, -0.1) is 0 Å². The van der Waals surface area contributed by atoms with Crippen molar-refractivity contribution in [1.29, 1.82) is 0 Å². The highest BCUT2D eigenvalue weighted by Crippen LogP contribution is 2.10. The summed E-state index contributed by atoms with van der Waals surface area (Å²) in [5, 5.41) is 0. The summed E-state index contributed by atoms with van der Waals surface area (Å²) in [4.78, 5) is 0. The maximum Gasteiger partial charge on any atom is 0.0266 e. The highest BCUT2D eigenvalue weighted by molar-refractivity contribution is 5.24. The molecule has 1 rings (SSSR count). The number of nitrogens with two attached hydrogens (primary N) is 1. The fourth-order valence-corrected chi connectivity index (χ4v) is 0.953. The third-order valence-electron chi connectivity index (χ3n) is 1.57. The number of rotatable bonds is 1. The molecule has 0 spiro atoms. The molecule has 0 heterocycles. The molecular formula is C9H13N. The van der Waals surface area contributed by atoms with Crippen molar-refractivity contribution < 1.29 is 0 Å². The zero-order chi connectivity index (χ0) is 7.56. The maximum atomic E-state index is 5.68. The molecular weight excluding hydrogens is 122 g/mol. The van der Waals surface area contributed by atoms with Crippen molar-refractivity contribution in [3.8, 4) is 0 Å². The first kappa shape index (κ1) is 7.29. The topological polar surface area (TPSA) is 26.0 Å². The molecule has 1 aromatic carbocycles. The summed E-state index contributed by atoms with van der Waals surface area (Å²) < 4.78 is 0. The molecule has 0 unspecified atom stereocenters. The average Bonchev–Trinajstić information content (AvgIpc) is 1.88. The van der Waals surface area contributed by atoms with Crippen LogP contribution >= 0.6 is 0 Å². The van der Waals surface area contributed by atoms with Gasteiger partial charge in [0.15, 0.2) is 0 Å². The van der Waals surface area contributed by atoms with Gasteiger partial charge in [-0.1, -0.05) is 29.8 Å². The molecule has 0 amide bonds. The number of hydrogen-bond acceptors (Lipinski definition) is 1. The van der Waals surface area contributed by atoms with Crippen LogP contribution in [0.15, 0.2) is 24.3 Å². The highest BCUT2D eigenvalue weighted by Gasteiger charge is 1.96. The Balaban J connectivity index is 2.96. The van der Waals surface area contributed by atoms with Crippen LogP contribution in [0, 0.1) is 6.92 Å². The quantitative estimate of drug-likeness (QED) is 0.626. The Bertz CT molecular complexity index is 216. The first-order valence-electron chi connectivity index (χ1n) is 3.52. The summed E-state index contributed by atoms with van der Waals surface area (Å²) in [5.41, 5.74) is 8.16. The van der Waals surface area contributed by atoms with Crippen molar-refractivity contribution in [3.05, 3.63) is 35.4 Å². The van der Waals surface area contributed by atoms with E-state index in [9.17, 15) is 0 Å². The lowest BCUT2D eigenvalue weighted by Crippen LogP contribution is -2.04. The minimum absolute atomic E-state index is 0.153. The van der Waals surface area contributed by atoms with Crippen molar-refractivity contribution >= 4 is 0 Å². The van der Waals surface area contributed by atoms with Gasteiger partial charge in [0, 0.05) is 6.04 Å². The summed E-state index contributed by atoms with van der Waals surface area (Å²) in [6.45, 7) is 4.07. The smallest absolute Gasteiger partial charge is 0.0266 e. The lowest BCUT2D eigenvalue weighted by atomic mass is 10.1. The minimum atomic E-state index is 0.153. The molecule has 1 heteroatoms. The van der Waals surface area contributed by atoms with E-state index in [1.165, 1.54) is 11.1 Å². The number of benzene rings is 1. The van der Waals surface area contributed by atoms with E-state index in [2.05, 4.69) is 25.1 Å². The molecule has 0 aromatic heterocycles. The average molecular weight is 135 g/mol. The first-order chi connectivity index (χ1) is 4.70. The Labute approximate surface area is 61.9 Å². The van der Waals surface area contributed by atoms with E-state index in [1.54, 1.807) is 0 Å². The molecule has 54 valence electrons. The van der Waals surface area contributed by atoms with Crippen LogP contribution in [0.3, 0.4) is 0 Å². The number of aryl methyl sites for hydroxylation is 1. The van der Waals surface area contributed by atoms with E-state index in [0.29, 0.717) is 0 Å². The third kappa shape index (κ3) is 1.58. The molecule has 0 saturated carbocycles. The largest absolute Gasteiger partial charge is 0.324 e. The third-order valence-corrected chi connectivity index (χ3v) is 1.57. The Kier molecular flexibility index (Phi) is 2.07. The Morgan fingerprint density at radius 3 is 2.50 bits per heavy atom. The van der Waals surface area contributed by atoms with Crippen molar-refractivity contribution in [3.63, 3.8) is 0 Å². The van der Waals surface area contributed by atoms with Crippen LogP contribution in [-0.2, 0) is 0 Å². The van der Waals surface area contributed by atoms with Gasteiger partial charge in [-0.2, -0.15) is 0 Å². The summed E-state index contributed by atoms with van der Waals surface area (Å²) in [6.07, 6.45) is 0. The summed E-state index contributed by atoms with van der Waals surface area (Å²) >= 11 is 0. The van der Waals surface area contributed by atoms with Gasteiger partial charge in [0.25, 0.3) is 0 Å². The van der Waals surface area contributed by atoms with Crippen LogP contribution in [0.5, 0.6) is 0 Å². The van der Waals surface area contributed by atoms with Crippen LogP contribution in [-0.4, -0.2) is 0 Å². The molecule has 1 atom stereocenters. The standard InChI is InChI=1S/C9H13N/c1-7-4-3-5-9(6-7)8(2)10/h3-6,8H,10H2,1-2H3/t8-/m0/s1. The normalized spacial score (nSPS) is 13.1. The molecule has 10 heavy (non-hydrogen) atoms. The van der Waals surface area contributed by atoms with E-state index < -0.39 is 0 Å². The van der Waals surface area contributed by atoms with Crippen LogP contribution in [0.25, 0.3) is 0 Å². The van der Waals surface area contributed by atoms with Gasteiger partial charge >= 0.3 is 0 Å². The SMILES string of the molecule is Cc1cccc([C@H](C)N)c1. The van der Waals surface area contributed by atoms with Gasteiger partial charge in [0.2, 0.25) is 0 Å². The first-order valence-corrected chi connectivity index (χ1v) is 3.52. The van der Waals surface area contributed by atoms with Crippen LogP contribution in [0.2, 0.25) is 0 Å². The molecule has 0 aliphatic carbocycles. The van der Waals surface area contributed by atoms with Gasteiger partial charge in [-0.05, 0) is 19.4 Å². The highest BCUT2D eigenvalue weighted by atomic mass is 14.6. The van der Waals surface area contributed by atoms with E-state index in [1.807, 2.05) is 13.0 Å². The van der Waals surface area contributed by atoms with Crippen molar-refractivity contribution in [2.75, 3.05) is 0 Å². The molecule has 0 radical (unpaired) electrons. The predicted molar refractivity (Wildman–Crippen MR) is 43.8 cm³/mol. The van der Waals surface area contributed by atoms with E-state index in [-0.39, 0.29) is 6.04 Å². The fraction of sp³-hybridized carbons (Fsp3) is 0.333. The second-order valence-electron chi connectivity index (χ2n) is 2.70. The molecule has 2 N–H and O–H groups in total. The van der Waals surface area contributed by atoms with Crippen LogP contribution in [0.4, 0.5) is 0 Å². The van der Waals surface area contributed by atoms with E-state index in [4.69, 9.17) is 5.73 Å². The van der Waals surface area contributed by atoms with Crippen molar-refractivity contribution in [2.24, 2.45) is 5.73 Å². The lowest BCUT2D eigenvalue weighted by Gasteiger charge is -2.04. The number of hydrogen-bond donors (Lipinski definition) is 1. The maximum absolute atomic E-state index is 5.68. The van der Waals surface area contributed by atoms with Crippen LogP contribution < -0.4 is 5.73 Å². The van der Waals surface area contributed by atoms with Gasteiger partial charge in [-0.25, -0.2) is 0 Å². The fourth-order valence-electron chi connectivity index (χ4n) is 0.953. The monoisotopic (exact) mass is 135 g/mol. The predicted octanol–water partition coefficient (Wildman–Crippen LogP) is 2.01. The zero-order valence-corrected chi connectivity index (χ0v) is 6.46. The van der Waals surface area contributed by atoms with E-state index in [0.717, 1.165) is 0 Å². The van der Waals surface area contributed by atoms with E-state index >= 15 is 0 Å². The molecule has 1 aromatic rings. The molecule has 0 saturated heterocycles. The molecule has 0 bridgehead atoms. The van der Waals surface area contributed by atoms with Crippen LogP contribution in [0.1, 0.15) is 24.1 Å². The van der Waals surface area contributed by atoms with Crippen molar-refractivity contribution in [2.45, 2.75) is 19.9 Å². The van der Waals surface area contributed by atoms with Gasteiger partial charge in [0.1, 0.15) is 0 Å². The molecule has 0 aliphatic rings. The Morgan fingerprint density at radius 1 is 1.40 bits per heavy atom. The second kappa shape index (κ2) is 2.84. The minimum Gasteiger partial charge on any atom is -0.324 e. The molecule has 1 nitrogen and oxygen atoms in total. The Morgan fingerprint density at radius 2 is 2.10 bits per heavy atom. The summed E-state index contributed by atoms with van der Waals surface area (Å²) in [5.74, 6) is 0. The second-order valence-corrected chi connectivity index (χ2v) is 2.70. The molecule has 0 aliphatic heterocycles.